The van der Waals surface area contributed by atoms with Crippen molar-refractivity contribution in [1.29, 1.82) is 0 Å². The highest BCUT2D eigenvalue weighted by Gasteiger charge is 2.50. The third-order valence-corrected chi connectivity index (χ3v) is 2.66. The Kier molecular flexibility index (Phi) is 3.31. The first kappa shape index (κ1) is 13.0. The highest BCUT2D eigenvalue weighted by atomic mass is 16.6. The number of nitrogens with zero attached hydrogens (tertiary/aromatic N) is 1. The van der Waals surface area contributed by atoms with Crippen LogP contribution in [0.3, 0.4) is 0 Å². The van der Waals surface area contributed by atoms with Gasteiger partial charge in [0.15, 0.2) is 5.78 Å². The first-order valence-electron chi connectivity index (χ1n) is 5.70. The topological polar surface area (TPSA) is 46.6 Å². The summed E-state index contributed by atoms with van der Waals surface area (Å²) in [5, 5.41) is 0. The fourth-order valence-corrected chi connectivity index (χ4v) is 1.92. The summed E-state index contributed by atoms with van der Waals surface area (Å²) in [6.07, 6.45) is -0.390. The number of carbonyl (C=O) groups is 2. The van der Waals surface area contributed by atoms with Crippen LogP contribution in [0.1, 0.15) is 41.5 Å². The molecule has 0 aromatic carbocycles. The number of hydrogen-bond donors (Lipinski definition) is 0. The number of hydrogen-bond acceptors (Lipinski definition) is 3. The van der Waals surface area contributed by atoms with E-state index in [0.29, 0.717) is 0 Å². The molecule has 1 saturated heterocycles. The van der Waals surface area contributed by atoms with Crippen molar-refractivity contribution in [1.82, 2.24) is 4.90 Å². The van der Waals surface area contributed by atoms with E-state index in [9.17, 15) is 9.59 Å². The molecule has 0 saturated carbocycles. The van der Waals surface area contributed by atoms with Crippen molar-refractivity contribution in [2.24, 2.45) is 5.92 Å². The lowest BCUT2D eigenvalue weighted by atomic mass is 9.85. The number of Topliss-reactive ketones (excluding diaryl/α,β-unsaturated/α-hetero) is 1. The van der Waals surface area contributed by atoms with E-state index >= 15 is 0 Å². The maximum Gasteiger partial charge on any atom is 0.411 e. The van der Waals surface area contributed by atoms with Gasteiger partial charge in [0.25, 0.3) is 0 Å². The number of ketones is 1. The van der Waals surface area contributed by atoms with Crippen molar-refractivity contribution >= 4 is 11.9 Å². The average molecular weight is 227 g/mol. The maximum absolute atomic E-state index is 11.9. The third kappa shape index (κ3) is 2.36. The van der Waals surface area contributed by atoms with Crippen LogP contribution >= 0.6 is 0 Å². The van der Waals surface area contributed by atoms with Crippen LogP contribution in [-0.2, 0) is 9.53 Å². The molecule has 1 aliphatic rings. The lowest BCUT2D eigenvalue weighted by Gasteiger charge is -2.47. The SMILES string of the molecule is CC(C)[C@H]1C(=O)C(C)N1C(=O)OC(C)(C)C. The number of amides is 1. The first-order valence-corrected chi connectivity index (χ1v) is 5.70. The van der Waals surface area contributed by atoms with Gasteiger partial charge >= 0.3 is 6.09 Å². The second kappa shape index (κ2) is 4.07. The minimum absolute atomic E-state index is 0.126. The molecule has 0 N–H and O–H groups in total. The van der Waals surface area contributed by atoms with Crippen molar-refractivity contribution in [3.63, 3.8) is 0 Å². The number of rotatable bonds is 1. The molecule has 1 aliphatic heterocycles. The molecule has 16 heavy (non-hydrogen) atoms. The Morgan fingerprint density at radius 1 is 1.38 bits per heavy atom. The van der Waals surface area contributed by atoms with Crippen LogP contribution in [0.15, 0.2) is 0 Å². The Bertz CT molecular complexity index is 304. The molecule has 4 heteroatoms. The van der Waals surface area contributed by atoms with Gasteiger partial charge in [0.1, 0.15) is 5.60 Å². The lowest BCUT2D eigenvalue weighted by Crippen LogP contribution is -2.67. The maximum atomic E-state index is 11.9. The minimum atomic E-state index is -0.517. The molecule has 0 aromatic heterocycles. The standard InChI is InChI=1S/C12H21NO3/c1-7(2)9-10(14)8(3)13(9)11(15)16-12(4,5)6/h7-9H,1-6H3/t8?,9-/m0/s1. The summed E-state index contributed by atoms with van der Waals surface area (Å²) in [5.74, 6) is 0.261. The molecule has 0 aromatic rings. The molecule has 1 rings (SSSR count). The van der Waals surface area contributed by atoms with Crippen molar-refractivity contribution in [3.8, 4) is 0 Å². The van der Waals surface area contributed by atoms with Crippen molar-refractivity contribution in [3.05, 3.63) is 0 Å². The van der Waals surface area contributed by atoms with Crippen LogP contribution in [0, 0.1) is 5.92 Å². The van der Waals surface area contributed by atoms with Crippen LogP contribution in [0.5, 0.6) is 0 Å². The summed E-state index contributed by atoms with van der Waals surface area (Å²) in [6.45, 7) is 11.1. The monoisotopic (exact) mass is 227 g/mol. The molecule has 1 amide bonds. The molecule has 0 radical (unpaired) electrons. The predicted molar refractivity (Wildman–Crippen MR) is 61.2 cm³/mol. The zero-order chi connectivity index (χ0) is 12.7. The summed E-state index contributed by atoms with van der Waals surface area (Å²) >= 11 is 0. The summed E-state index contributed by atoms with van der Waals surface area (Å²) in [5.41, 5.74) is -0.517. The zero-order valence-corrected chi connectivity index (χ0v) is 10.9. The molecule has 1 fully saturated rings. The zero-order valence-electron chi connectivity index (χ0n) is 10.9. The van der Waals surface area contributed by atoms with E-state index in [2.05, 4.69) is 0 Å². The molecule has 2 atom stereocenters. The van der Waals surface area contributed by atoms with Crippen molar-refractivity contribution < 1.29 is 14.3 Å². The van der Waals surface area contributed by atoms with E-state index in [1.165, 1.54) is 4.90 Å². The van der Waals surface area contributed by atoms with Gasteiger partial charge in [-0.3, -0.25) is 9.69 Å². The lowest BCUT2D eigenvalue weighted by molar-refractivity contribution is -0.145. The van der Waals surface area contributed by atoms with Crippen LogP contribution in [0.2, 0.25) is 0 Å². The summed E-state index contributed by atoms with van der Waals surface area (Å²) in [4.78, 5) is 25.0. The van der Waals surface area contributed by atoms with Gasteiger partial charge in [-0.25, -0.2) is 4.79 Å². The Labute approximate surface area is 96.9 Å². The quantitative estimate of drug-likeness (QED) is 0.690. The molecule has 92 valence electrons. The fourth-order valence-electron chi connectivity index (χ4n) is 1.92. The van der Waals surface area contributed by atoms with E-state index in [0.717, 1.165) is 0 Å². The van der Waals surface area contributed by atoms with Crippen molar-refractivity contribution in [2.45, 2.75) is 59.2 Å². The second-order valence-electron chi connectivity index (χ2n) is 5.65. The Morgan fingerprint density at radius 2 is 1.88 bits per heavy atom. The van der Waals surface area contributed by atoms with Gasteiger partial charge in [0.05, 0.1) is 12.1 Å². The van der Waals surface area contributed by atoms with Crippen LogP contribution in [-0.4, -0.2) is 34.5 Å². The van der Waals surface area contributed by atoms with E-state index in [4.69, 9.17) is 4.74 Å². The predicted octanol–water partition coefficient (Wildman–Crippen LogP) is 2.22. The number of carbonyl (C=O) groups excluding carboxylic acids is 2. The van der Waals surface area contributed by atoms with Gasteiger partial charge in [-0.15, -0.1) is 0 Å². The molecule has 0 aliphatic carbocycles. The Balaban J connectivity index is 2.73. The molecular weight excluding hydrogens is 206 g/mol. The summed E-state index contributed by atoms with van der Waals surface area (Å²) in [7, 11) is 0. The van der Waals surface area contributed by atoms with E-state index in [1.807, 2.05) is 34.6 Å². The first-order chi connectivity index (χ1) is 7.15. The second-order valence-corrected chi connectivity index (χ2v) is 5.65. The van der Waals surface area contributed by atoms with Gasteiger partial charge in [0, 0.05) is 0 Å². The third-order valence-electron chi connectivity index (χ3n) is 2.66. The molecule has 1 heterocycles. The average Bonchev–Trinajstić information content (AvgIpc) is 2.08. The van der Waals surface area contributed by atoms with E-state index in [1.54, 1.807) is 6.92 Å². The normalized spacial score (nSPS) is 25.7. The molecule has 0 bridgehead atoms. The van der Waals surface area contributed by atoms with Crippen LogP contribution in [0.25, 0.3) is 0 Å². The Morgan fingerprint density at radius 3 is 2.25 bits per heavy atom. The van der Waals surface area contributed by atoms with Crippen molar-refractivity contribution in [2.75, 3.05) is 0 Å². The van der Waals surface area contributed by atoms with Crippen LogP contribution in [0.4, 0.5) is 4.79 Å². The molecule has 1 unspecified atom stereocenters. The highest BCUT2D eigenvalue weighted by Crippen LogP contribution is 2.29. The van der Waals surface area contributed by atoms with Gasteiger partial charge in [-0.1, -0.05) is 13.8 Å². The van der Waals surface area contributed by atoms with Gasteiger partial charge < -0.3 is 4.74 Å². The summed E-state index contributed by atoms with van der Waals surface area (Å²) in [6, 6.07) is -0.660. The van der Waals surface area contributed by atoms with Gasteiger partial charge in [-0.2, -0.15) is 0 Å². The Hall–Kier alpha value is -1.06. The molecule has 4 nitrogen and oxygen atoms in total. The summed E-state index contributed by atoms with van der Waals surface area (Å²) < 4.78 is 5.28. The largest absolute Gasteiger partial charge is 0.444 e. The van der Waals surface area contributed by atoms with Gasteiger partial charge in [0.2, 0.25) is 0 Å². The number of ether oxygens (including phenoxy) is 1. The fraction of sp³-hybridized carbons (Fsp3) is 0.833. The van der Waals surface area contributed by atoms with E-state index in [-0.39, 0.29) is 23.8 Å². The molecular formula is C12H21NO3. The number of likely N-dealkylation sites (tertiary alicyclic amines) is 1. The molecule has 0 spiro atoms. The van der Waals surface area contributed by atoms with Gasteiger partial charge in [-0.05, 0) is 33.6 Å². The van der Waals surface area contributed by atoms with Crippen LogP contribution < -0.4 is 0 Å². The van der Waals surface area contributed by atoms with E-state index < -0.39 is 11.7 Å². The highest BCUT2D eigenvalue weighted by molar-refractivity contribution is 6.00. The minimum Gasteiger partial charge on any atom is -0.444 e. The smallest absolute Gasteiger partial charge is 0.411 e.